The van der Waals surface area contributed by atoms with Crippen molar-refractivity contribution in [1.29, 1.82) is 0 Å². The van der Waals surface area contributed by atoms with Gasteiger partial charge in [-0.1, -0.05) is 25.1 Å². The van der Waals surface area contributed by atoms with Crippen molar-refractivity contribution in [1.82, 2.24) is 0 Å². The molecule has 0 aliphatic rings. The van der Waals surface area contributed by atoms with Crippen LogP contribution in [0.15, 0.2) is 24.3 Å². The zero-order valence-corrected chi connectivity index (χ0v) is 8.06. The van der Waals surface area contributed by atoms with Gasteiger partial charge in [-0.3, -0.25) is 14.9 Å². The Kier molecular flexibility index (Phi) is 2.96. The van der Waals surface area contributed by atoms with Gasteiger partial charge in [0.25, 0.3) is 5.69 Å². The van der Waals surface area contributed by atoms with E-state index in [-0.39, 0.29) is 11.5 Å². The van der Waals surface area contributed by atoms with E-state index in [1.165, 1.54) is 13.0 Å². The third-order valence-electron chi connectivity index (χ3n) is 2.21. The Morgan fingerprint density at radius 3 is 2.50 bits per heavy atom. The fourth-order valence-corrected chi connectivity index (χ4v) is 1.24. The predicted octanol–water partition coefficient (Wildman–Crippen LogP) is 2.29. The summed E-state index contributed by atoms with van der Waals surface area (Å²) in [6, 6.07) is 6.31. The largest absolute Gasteiger partial charge is 0.299 e. The van der Waals surface area contributed by atoms with Crippen LogP contribution in [0.25, 0.3) is 0 Å². The maximum absolute atomic E-state index is 11.1. The van der Waals surface area contributed by atoms with Crippen molar-refractivity contribution in [3.63, 3.8) is 0 Å². The maximum Gasteiger partial charge on any atom is 0.273 e. The number of para-hydroxylation sites is 1. The minimum absolute atomic E-state index is 0.00944. The second-order valence-corrected chi connectivity index (χ2v) is 3.15. The lowest BCUT2D eigenvalue weighted by molar-refractivity contribution is -0.385. The molecule has 0 amide bonds. The van der Waals surface area contributed by atoms with E-state index in [1.807, 2.05) is 0 Å². The fourth-order valence-electron chi connectivity index (χ4n) is 1.24. The van der Waals surface area contributed by atoms with Crippen molar-refractivity contribution in [2.45, 2.75) is 19.8 Å². The van der Waals surface area contributed by atoms with Gasteiger partial charge in [-0.05, 0) is 6.92 Å². The van der Waals surface area contributed by atoms with Gasteiger partial charge in [-0.15, -0.1) is 0 Å². The molecular formula is C10H11NO3. The minimum atomic E-state index is -0.464. The number of nitrogens with zero attached hydrogens (tertiary/aromatic N) is 1. The Labute approximate surface area is 81.7 Å². The number of carbonyl (C=O) groups excluding carboxylic acids is 1. The van der Waals surface area contributed by atoms with Gasteiger partial charge in [-0.25, -0.2) is 0 Å². The molecule has 1 rings (SSSR count). The molecule has 0 radical (unpaired) electrons. The van der Waals surface area contributed by atoms with Crippen molar-refractivity contribution >= 4 is 11.5 Å². The van der Waals surface area contributed by atoms with E-state index in [9.17, 15) is 14.9 Å². The first-order valence-corrected chi connectivity index (χ1v) is 4.27. The maximum atomic E-state index is 11.1. The molecule has 0 aliphatic heterocycles. The minimum Gasteiger partial charge on any atom is -0.299 e. The molecule has 0 aromatic heterocycles. The molecule has 0 fully saturated rings. The Bertz CT molecular complexity index is 373. The molecule has 0 heterocycles. The molecule has 0 spiro atoms. The quantitative estimate of drug-likeness (QED) is 0.546. The van der Waals surface area contributed by atoms with E-state index < -0.39 is 10.8 Å². The third-order valence-corrected chi connectivity index (χ3v) is 2.21. The summed E-state index contributed by atoms with van der Waals surface area (Å²) in [5.74, 6) is -0.490. The summed E-state index contributed by atoms with van der Waals surface area (Å²) in [5, 5.41) is 10.6. The van der Waals surface area contributed by atoms with Crippen molar-refractivity contribution in [3.8, 4) is 0 Å². The molecule has 0 saturated carbocycles. The smallest absolute Gasteiger partial charge is 0.273 e. The van der Waals surface area contributed by atoms with Crippen molar-refractivity contribution in [2.24, 2.45) is 0 Å². The van der Waals surface area contributed by atoms with Crippen LogP contribution in [0.1, 0.15) is 25.3 Å². The molecule has 4 nitrogen and oxygen atoms in total. The van der Waals surface area contributed by atoms with Gasteiger partial charge >= 0.3 is 0 Å². The summed E-state index contributed by atoms with van der Waals surface area (Å²) < 4.78 is 0. The first kappa shape index (κ1) is 10.4. The van der Waals surface area contributed by atoms with Crippen LogP contribution in [-0.2, 0) is 4.79 Å². The molecule has 0 bridgehead atoms. The topological polar surface area (TPSA) is 60.2 Å². The summed E-state index contributed by atoms with van der Waals surface area (Å²) in [6.07, 6.45) is 0. The fraction of sp³-hybridized carbons (Fsp3) is 0.300. The summed E-state index contributed by atoms with van der Waals surface area (Å²) in [4.78, 5) is 21.3. The lowest BCUT2D eigenvalue weighted by Crippen LogP contribution is -2.06. The van der Waals surface area contributed by atoms with E-state index in [0.29, 0.717) is 5.56 Å². The third kappa shape index (κ3) is 1.96. The van der Waals surface area contributed by atoms with Crippen LogP contribution >= 0.6 is 0 Å². The first-order chi connectivity index (χ1) is 6.54. The van der Waals surface area contributed by atoms with Gasteiger partial charge in [0.2, 0.25) is 0 Å². The zero-order valence-electron chi connectivity index (χ0n) is 8.06. The van der Waals surface area contributed by atoms with Gasteiger partial charge < -0.3 is 0 Å². The number of nitro benzene ring substituents is 1. The molecule has 1 atom stereocenters. The van der Waals surface area contributed by atoms with Gasteiger partial charge in [0.05, 0.1) is 4.92 Å². The van der Waals surface area contributed by atoms with Crippen LogP contribution in [0.5, 0.6) is 0 Å². The molecule has 0 N–H and O–H groups in total. The van der Waals surface area contributed by atoms with E-state index in [4.69, 9.17) is 0 Å². The Balaban J connectivity index is 3.19. The number of hydrogen-bond acceptors (Lipinski definition) is 3. The molecule has 4 heteroatoms. The molecule has 74 valence electrons. The van der Waals surface area contributed by atoms with Gasteiger partial charge in [0, 0.05) is 17.5 Å². The standard InChI is InChI=1S/C10H11NO3/c1-7(8(2)12)9-5-3-4-6-10(9)11(13)14/h3-7H,1-2H3. The summed E-state index contributed by atoms with van der Waals surface area (Å²) in [5.41, 5.74) is 0.486. The van der Waals surface area contributed by atoms with E-state index in [0.717, 1.165) is 0 Å². The molecular weight excluding hydrogens is 182 g/mol. The lowest BCUT2D eigenvalue weighted by Gasteiger charge is -2.07. The monoisotopic (exact) mass is 193 g/mol. The van der Waals surface area contributed by atoms with Crippen LogP contribution in [0.2, 0.25) is 0 Å². The normalized spacial score (nSPS) is 12.1. The zero-order chi connectivity index (χ0) is 10.7. The molecule has 1 unspecified atom stereocenters. The number of carbonyl (C=O) groups is 1. The van der Waals surface area contributed by atoms with Crippen LogP contribution in [0.3, 0.4) is 0 Å². The molecule has 14 heavy (non-hydrogen) atoms. The highest BCUT2D eigenvalue weighted by atomic mass is 16.6. The van der Waals surface area contributed by atoms with E-state index in [1.54, 1.807) is 25.1 Å². The highest BCUT2D eigenvalue weighted by Gasteiger charge is 2.20. The Morgan fingerprint density at radius 1 is 1.43 bits per heavy atom. The lowest BCUT2D eigenvalue weighted by atomic mass is 9.96. The van der Waals surface area contributed by atoms with Crippen LogP contribution in [-0.4, -0.2) is 10.7 Å². The Hall–Kier alpha value is -1.71. The second-order valence-electron chi connectivity index (χ2n) is 3.15. The Morgan fingerprint density at radius 2 is 2.00 bits per heavy atom. The van der Waals surface area contributed by atoms with Crippen LogP contribution < -0.4 is 0 Å². The number of nitro groups is 1. The van der Waals surface area contributed by atoms with Crippen molar-refractivity contribution in [3.05, 3.63) is 39.9 Å². The van der Waals surface area contributed by atoms with E-state index >= 15 is 0 Å². The van der Waals surface area contributed by atoms with E-state index in [2.05, 4.69) is 0 Å². The average Bonchev–Trinajstić information content (AvgIpc) is 2.16. The summed E-state index contributed by atoms with van der Waals surface area (Å²) in [6.45, 7) is 3.10. The van der Waals surface area contributed by atoms with Crippen LogP contribution in [0, 0.1) is 10.1 Å². The first-order valence-electron chi connectivity index (χ1n) is 4.27. The summed E-state index contributed by atoms with van der Waals surface area (Å²) >= 11 is 0. The SMILES string of the molecule is CC(=O)C(C)c1ccccc1[N+](=O)[O-]. The number of benzene rings is 1. The van der Waals surface area contributed by atoms with Crippen molar-refractivity contribution < 1.29 is 9.72 Å². The number of ketones is 1. The number of hydrogen-bond donors (Lipinski definition) is 0. The number of Topliss-reactive ketones (excluding diaryl/α,β-unsaturated/α-hetero) is 1. The van der Waals surface area contributed by atoms with Gasteiger partial charge in [0.15, 0.2) is 0 Å². The second kappa shape index (κ2) is 4.00. The average molecular weight is 193 g/mol. The van der Waals surface area contributed by atoms with Crippen molar-refractivity contribution in [2.75, 3.05) is 0 Å². The molecule has 1 aromatic carbocycles. The molecule has 0 saturated heterocycles. The molecule has 0 aliphatic carbocycles. The number of rotatable bonds is 3. The predicted molar refractivity (Wildman–Crippen MR) is 52.2 cm³/mol. The highest BCUT2D eigenvalue weighted by molar-refractivity contribution is 5.84. The molecule has 1 aromatic rings. The van der Waals surface area contributed by atoms with Gasteiger partial charge in [0.1, 0.15) is 5.78 Å². The van der Waals surface area contributed by atoms with Gasteiger partial charge in [-0.2, -0.15) is 0 Å². The summed E-state index contributed by atoms with van der Waals surface area (Å²) in [7, 11) is 0. The van der Waals surface area contributed by atoms with Crippen LogP contribution in [0.4, 0.5) is 5.69 Å². The highest BCUT2D eigenvalue weighted by Crippen LogP contribution is 2.26.